The van der Waals surface area contributed by atoms with Gasteiger partial charge >= 0.3 is 0 Å². The molecule has 5 rings (SSSR count). The number of hydrogen-bond acceptors (Lipinski definition) is 7. The van der Waals surface area contributed by atoms with E-state index in [1.165, 1.54) is 5.69 Å². The fourth-order valence-corrected chi connectivity index (χ4v) is 5.56. The number of nitrogens with zero attached hydrogens (tertiary/aromatic N) is 5. The average Bonchev–Trinajstić information content (AvgIpc) is 3.36. The number of rotatable bonds is 9. The number of imidazole rings is 1. The van der Waals surface area contributed by atoms with Crippen LogP contribution in [0.1, 0.15) is 33.6 Å². The molecule has 0 atom stereocenters. The van der Waals surface area contributed by atoms with Crippen molar-refractivity contribution in [2.45, 2.75) is 45.7 Å². The molecule has 2 aromatic heterocycles. The lowest BCUT2D eigenvalue weighted by molar-refractivity contribution is 0.111. The maximum absolute atomic E-state index is 6.60. The number of pyridine rings is 1. The molecule has 0 amide bonds. The van der Waals surface area contributed by atoms with Gasteiger partial charge in [-0.1, -0.05) is 11.6 Å². The van der Waals surface area contributed by atoms with Gasteiger partial charge in [0.15, 0.2) is 5.65 Å². The van der Waals surface area contributed by atoms with Gasteiger partial charge in [0, 0.05) is 75.8 Å². The first kappa shape index (κ1) is 26.2. The molecule has 0 spiro atoms. The topological polar surface area (TPSA) is 72.6 Å². The molecule has 0 saturated carbocycles. The van der Waals surface area contributed by atoms with Gasteiger partial charge in [-0.2, -0.15) is 0 Å². The summed E-state index contributed by atoms with van der Waals surface area (Å²) in [7, 11) is 0. The molecule has 2 saturated heterocycles. The average molecular weight is 526 g/mol. The van der Waals surface area contributed by atoms with Crippen molar-refractivity contribution in [1.82, 2.24) is 24.8 Å². The van der Waals surface area contributed by atoms with Crippen LogP contribution in [0.25, 0.3) is 22.6 Å². The standard InChI is InChI=1S/C28H40ClN7O/c1-4-37-18-17-34-13-15-36(16-14-34)23-7-5-21(6-8-23)27-32-26-25(24(29)19-30-28(26)33-27)31-22-9-11-35(12-10-22)20(2)3/h5-8,19-20,22H,4,9-18H2,1-3H3,(H2,30,31,32,33). The summed E-state index contributed by atoms with van der Waals surface area (Å²) >= 11 is 6.60. The van der Waals surface area contributed by atoms with Crippen LogP contribution in [0.15, 0.2) is 30.5 Å². The lowest BCUT2D eigenvalue weighted by Gasteiger charge is -2.36. The van der Waals surface area contributed by atoms with Gasteiger partial charge in [-0.25, -0.2) is 9.97 Å². The molecule has 0 radical (unpaired) electrons. The van der Waals surface area contributed by atoms with Crippen LogP contribution in [-0.4, -0.2) is 95.9 Å². The monoisotopic (exact) mass is 525 g/mol. The van der Waals surface area contributed by atoms with Gasteiger partial charge in [0.2, 0.25) is 0 Å². The SMILES string of the molecule is CCOCCN1CCN(c2ccc(-c3nc4c(NC5CCN(C(C)C)CC5)c(Cl)cnc4[nH]3)cc2)CC1. The van der Waals surface area contributed by atoms with Crippen LogP contribution in [-0.2, 0) is 4.74 Å². The first-order valence-corrected chi connectivity index (χ1v) is 14.1. The largest absolute Gasteiger partial charge is 0.380 e. The zero-order valence-corrected chi connectivity index (χ0v) is 23.1. The summed E-state index contributed by atoms with van der Waals surface area (Å²) in [6.07, 6.45) is 3.91. The minimum Gasteiger partial charge on any atom is -0.380 e. The summed E-state index contributed by atoms with van der Waals surface area (Å²) in [6, 6.07) is 9.65. The predicted molar refractivity (Wildman–Crippen MR) is 153 cm³/mol. The molecule has 0 aliphatic carbocycles. The lowest BCUT2D eigenvalue weighted by atomic mass is 10.0. The number of likely N-dealkylation sites (tertiary alicyclic amines) is 1. The Balaban J connectivity index is 1.25. The van der Waals surface area contributed by atoms with E-state index in [0.717, 1.165) is 100 Å². The molecule has 37 heavy (non-hydrogen) atoms. The summed E-state index contributed by atoms with van der Waals surface area (Å²) in [5, 5.41) is 4.31. The number of piperidine rings is 1. The molecule has 200 valence electrons. The number of hydrogen-bond donors (Lipinski definition) is 2. The second kappa shape index (κ2) is 12.0. The van der Waals surface area contributed by atoms with Crippen LogP contribution >= 0.6 is 11.6 Å². The second-order valence-corrected chi connectivity index (χ2v) is 10.8. The quantitative estimate of drug-likeness (QED) is 0.391. The van der Waals surface area contributed by atoms with Crippen LogP contribution < -0.4 is 10.2 Å². The highest BCUT2D eigenvalue weighted by Crippen LogP contribution is 2.32. The third-order valence-corrected chi connectivity index (χ3v) is 8.00. The lowest BCUT2D eigenvalue weighted by Crippen LogP contribution is -2.47. The molecule has 0 unspecified atom stereocenters. The number of halogens is 1. The number of H-pyrrole nitrogens is 1. The predicted octanol–water partition coefficient (Wildman–Crippen LogP) is 4.72. The van der Waals surface area contributed by atoms with Crippen molar-refractivity contribution in [2.75, 3.05) is 69.2 Å². The van der Waals surface area contributed by atoms with Gasteiger partial charge in [0.05, 0.1) is 23.5 Å². The fourth-order valence-electron chi connectivity index (χ4n) is 5.37. The maximum atomic E-state index is 6.60. The molecule has 2 N–H and O–H groups in total. The molecular weight excluding hydrogens is 486 g/mol. The first-order valence-electron chi connectivity index (χ1n) is 13.7. The zero-order valence-electron chi connectivity index (χ0n) is 22.3. The summed E-state index contributed by atoms with van der Waals surface area (Å²) < 4.78 is 5.51. The zero-order chi connectivity index (χ0) is 25.8. The van der Waals surface area contributed by atoms with Crippen molar-refractivity contribution >= 4 is 34.1 Å². The van der Waals surface area contributed by atoms with Gasteiger partial charge in [-0.15, -0.1) is 0 Å². The first-order chi connectivity index (χ1) is 18.0. The highest BCUT2D eigenvalue weighted by molar-refractivity contribution is 6.34. The van der Waals surface area contributed by atoms with E-state index in [9.17, 15) is 0 Å². The summed E-state index contributed by atoms with van der Waals surface area (Å²) in [5.74, 6) is 0.815. The normalized spacial score (nSPS) is 18.2. The van der Waals surface area contributed by atoms with Gasteiger partial charge in [-0.3, -0.25) is 4.90 Å². The number of ether oxygens (including phenoxy) is 1. The van der Waals surface area contributed by atoms with Crippen LogP contribution in [0.4, 0.5) is 11.4 Å². The van der Waals surface area contributed by atoms with Crippen molar-refractivity contribution in [2.24, 2.45) is 0 Å². The third kappa shape index (κ3) is 6.20. The smallest absolute Gasteiger partial charge is 0.159 e. The number of anilines is 2. The van der Waals surface area contributed by atoms with E-state index in [-0.39, 0.29) is 0 Å². The van der Waals surface area contributed by atoms with Crippen molar-refractivity contribution < 1.29 is 4.74 Å². The van der Waals surface area contributed by atoms with Crippen molar-refractivity contribution in [3.63, 3.8) is 0 Å². The number of aromatic amines is 1. The fraction of sp³-hybridized carbons (Fsp3) is 0.571. The number of aromatic nitrogens is 3. The summed E-state index contributed by atoms with van der Waals surface area (Å²) in [4.78, 5) is 20.3. The van der Waals surface area contributed by atoms with Gasteiger partial charge in [0.25, 0.3) is 0 Å². The summed E-state index contributed by atoms with van der Waals surface area (Å²) in [6.45, 7) is 15.6. The number of nitrogens with one attached hydrogen (secondary N) is 2. The van der Waals surface area contributed by atoms with Crippen molar-refractivity contribution in [3.05, 3.63) is 35.5 Å². The van der Waals surface area contributed by atoms with Crippen molar-refractivity contribution in [3.8, 4) is 11.4 Å². The third-order valence-electron chi connectivity index (χ3n) is 7.71. The Morgan fingerprint density at radius 2 is 1.81 bits per heavy atom. The molecule has 2 fully saturated rings. The number of benzene rings is 1. The molecule has 8 nitrogen and oxygen atoms in total. The highest BCUT2D eigenvalue weighted by Gasteiger charge is 2.23. The van der Waals surface area contributed by atoms with E-state index in [1.54, 1.807) is 6.20 Å². The van der Waals surface area contributed by atoms with Crippen LogP contribution in [0, 0.1) is 0 Å². The summed E-state index contributed by atoms with van der Waals surface area (Å²) in [5.41, 5.74) is 4.75. The minimum atomic E-state index is 0.386. The van der Waals surface area contributed by atoms with Gasteiger partial charge < -0.3 is 24.8 Å². The van der Waals surface area contributed by atoms with Crippen LogP contribution in [0.2, 0.25) is 5.02 Å². The van der Waals surface area contributed by atoms with Gasteiger partial charge in [-0.05, 0) is 57.9 Å². The Kier molecular flexibility index (Phi) is 8.49. The molecular formula is C28H40ClN7O. The number of piperazine rings is 1. The van der Waals surface area contributed by atoms with E-state index in [2.05, 4.69) is 68.1 Å². The van der Waals surface area contributed by atoms with E-state index < -0.39 is 0 Å². The molecule has 9 heteroatoms. The molecule has 4 heterocycles. The maximum Gasteiger partial charge on any atom is 0.159 e. The molecule has 0 bridgehead atoms. The Hall–Kier alpha value is -2.39. The Labute approximate surface area is 225 Å². The van der Waals surface area contributed by atoms with E-state index in [1.807, 2.05) is 6.92 Å². The molecule has 2 aliphatic rings. The number of fused-ring (bicyclic) bond motifs is 1. The van der Waals surface area contributed by atoms with Crippen LogP contribution in [0.3, 0.4) is 0 Å². The van der Waals surface area contributed by atoms with E-state index >= 15 is 0 Å². The van der Waals surface area contributed by atoms with E-state index in [4.69, 9.17) is 21.3 Å². The highest BCUT2D eigenvalue weighted by atomic mass is 35.5. The van der Waals surface area contributed by atoms with E-state index in [0.29, 0.717) is 17.1 Å². The molecule has 3 aromatic rings. The molecule has 2 aliphatic heterocycles. The van der Waals surface area contributed by atoms with Gasteiger partial charge in [0.1, 0.15) is 11.3 Å². The Morgan fingerprint density at radius 3 is 2.49 bits per heavy atom. The Bertz CT molecular complexity index is 1150. The van der Waals surface area contributed by atoms with Crippen molar-refractivity contribution in [1.29, 1.82) is 0 Å². The molecule has 1 aromatic carbocycles. The van der Waals surface area contributed by atoms with Crippen LogP contribution in [0.5, 0.6) is 0 Å². The second-order valence-electron chi connectivity index (χ2n) is 10.4. The minimum absolute atomic E-state index is 0.386. The Morgan fingerprint density at radius 1 is 1.08 bits per heavy atom.